The molecule has 0 saturated heterocycles. The molecule has 1 fully saturated rings. The van der Waals surface area contributed by atoms with Gasteiger partial charge in [-0.15, -0.1) is 0 Å². The van der Waals surface area contributed by atoms with Crippen LogP contribution >= 0.6 is 0 Å². The van der Waals surface area contributed by atoms with Gasteiger partial charge in [0.25, 0.3) is 5.91 Å². The zero-order valence-corrected chi connectivity index (χ0v) is 11.9. The van der Waals surface area contributed by atoms with Crippen molar-refractivity contribution in [2.45, 2.75) is 31.8 Å². The van der Waals surface area contributed by atoms with E-state index >= 15 is 0 Å². The second-order valence-corrected chi connectivity index (χ2v) is 5.20. The largest absolute Gasteiger partial charge is 0.388 e. The fourth-order valence-electron chi connectivity index (χ4n) is 2.43. The molecule has 1 aliphatic rings. The van der Waals surface area contributed by atoms with Crippen molar-refractivity contribution in [1.82, 2.24) is 5.32 Å². The van der Waals surface area contributed by atoms with Crippen molar-refractivity contribution in [1.29, 1.82) is 0 Å². The molecule has 0 aliphatic heterocycles. The summed E-state index contributed by atoms with van der Waals surface area (Å²) in [5.41, 5.74) is 2.59. The average molecular weight is 262 g/mol. The number of amides is 1. The Kier molecular flexibility index (Phi) is 4.10. The Balaban J connectivity index is 2.00. The molecule has 1 amide bonds. The SMILES string of the molecule is CNc1ccc(C(=O)NCC2(OC)CCC2)c(C)c1. The maximum Gasteiger partial charge on any atom is 0.251 e. The zero-order valence-electron chi connectivity index (χ0n) is 11.9. The molecule has 0 unspecified atom stereocenters. The van der Waals surface area contributed by atoms with Crippen molar-refractivity contribution in [3.05, 3.63) is 29.3 Å². The minimum absolute atomic E-state index is 0.0246. The van der Waals surface area contributed by atoms with Crippen LogP contribution in [0.1, 0.15) is 35.2 Å². The first kappa shape index (κ1) is 13.9. The van der Waals surface area contributed by atoms with E-state index in [4.69, 9.17) is 4.74 Å². The Morgan fingerprint density at radius 3 is 2.63 bits per heavy atom. The number of hydrogen-bond acceptors (Lipinski definition) is 3. The van der Waals surface area contributed by atoms with E-state index in [-0.39, 0.29) is 11.5 Å². The lowest BCUT2D eigenvalue weighted by molar-refractivity contribution is -0.0679. The van der Waals surface area contributed by atoms with E-state index < -0.39 is 0 Å². The number of carbonyl (C=O) groups is 1. The molecular formula is C15H22N2O2. The minimum Gasteiger partial charge on any atom is -0.388 e. The predicted octanol–water partition coefficient (Wildman–Crippen LogP) is 2.34. The topological polar surface area (TPSA) is 50.4 Å². The molecule has 4 nitrogen and oxygen atoms in total. The molecule has 0 bridgehead atoms. The first-order chi connectivity index (χ1) is 9.10. The molecule has 1 aromatic carbocycles. The fraction of sp³-hybridized carbons (Fsp3) is 0.533. The summed E-state index contributed by atoms with van der Waals surface area (Å²) in [6.07, 6.45) is 3.24. The van der Waals surface area contributed by atoms with E-state index in [9.17, 15) is 4.79 Å². The van der Waals surface area contributed by atoms with Gasteiger partial charge >= 0.3 is 0 Å². The first-order valence-corrected chi connectivity index (χ1v) is 6.72. The summed E-state index contributed by atoms with van der Waals surface area (Å²) in [6.45, 7) is 2.54. The van der Waals surface area contributed by atoms with Gasteiger partial charge in [-0.25, -0.2) is 0 Å². The zero-order chi connectivity index (χ0) is 13.9. The molecule has 0 spiro atoms. The number of benzene rings is 1. The van der Waals surface area contributed by atoms with E-state index in [0.29, 0.717) is 6.54 Å². The van der Waals surface area contributed by atoms with Crippen LogP contribution in [-0.2, 0) is 4.74 Å². The molecular weight excluding hydrogens is 240 g/mol. The number of methoxy groups -OCH3 is 1. The van der Waals surface area contributed by atoms with Crippen molar-refractivity contribution in [2.75, 3.05) is 26.0 Å². The van der Waals surface area contributed by atoms with Gasteiger partial charge in [-0.2, -0.15) is 0 Å². The molecule has 0 aromatic heterocycles. The third kappa shape index (κ3) is 2.89. The van der Waals surface area contributed by atoms with E-state index in [1.165, 1.54) is 6.42 Å². The highest BCUT2D eigenvalue weighted by Gasteiger charge is 2.37. The van der Waals surface area contributed by atoms with Crippen molar-refractivity contribution in [3.63, 3.8) is 0 Å². The van der Waals surface area contributed by atoms with E-state index in [2.05, 4.69) is 10.6 Å². The predicted molar refractivity (Wildman–Crippen MR) is 76.6 cm³/mol. The van der Waals surface area contributed by atoms with Gasteiger partial charge < -0.3 is 15.4 Å². The van der Waals surface area contributed by atoms with Crippen LogP contribution in [0.4, 0.5) is 5.69 Å². The molecule has 1 aliphatic carbocycles. The molecule has 1 saturated carbocycles. The van der Waals surface area contributed by atoms with Gasteiger partial charge in [-0.3, -0.25) is 4.79 Å². The van der Waals surface area contributed by atoms with Gasteiger partial charge in [-0.05, 0) is 49.9 Å². The Bertz CT molecular complexity index is 462. The summed E-state index contributed by atoms with van der Waals surface area (Å²) >= 11 is 0. The lowest BCUT2D eigenvalue weighted by Crippen LogP contribution is -2.49. The Hall–Kier alpha value is -1.55. The van der Waals surface area contributed by atoms with Crippen LogP contribution in [0.5, 0.6) is 0 Å². The summed E-state index contributed by atoms with van der Waals surface area (Å²) in [6, 6.07) is 5.75. The number of carbonyl (C=O) groups excluding carboxylic acids is 1. The molecule has 4 heteroatoms. The third-order valence-electron chi connectivity index (χ3n) is 4.03. The molecule has 0 heterocycles. The summed E-state index contributed by atoms with van der Waals surface area (Å²) in [5.74, 6) is -0.0246. The Labute approximate surface area is 114 Å². The van der Waals surface area contributed by atoms with Crippen molar-refractivity contribution in [2.24, 2.45) is 0 Å². The lowest BCUT2D eigenvalue weighted by atomic mass is 9.80. The van der Waals surface area contributed by atoms with Crippen molar-refractivity contribution < 1.29 is 9.53 Å². The van der Waals surface area contributed by atoms with Crippen LogP contribution in [0.15, 0.2) is 18.2 Å². The fourth-order valence-corrected chi connectivity index (χ4v) is 2.43. The number of anilines is 1. The van der Waals surface area contributed by atoms with Gasteiger partial charge in [0.15, 0.2) is 0 Å². The minimum atomic E-state index is -0.130. The van der Waals surface area contributed by atoms with Crippen LogP contribution < -0.4 is 10.6 Å². The highest BCUT2D eigenvalue weighted by atomic mass is 16.5. The number of hydrogen-bond donors (Lipinski definition) is 2. The van der Waals surface area contributed by atoms with Crippen molar-refractivity contribution in [3.8, 4) is 0 Å². The Morgan fingerprint density at radius 1 is 1.42 bits per heavy atom. The summed E-state index contributed by atoms with van der Waals surface area (Å²) in [5, 5.41) is 6.05. The van der Waals surface area contributed by atoms with Crippen LogP contribution in [-0.4, -0.2) is 32.2 Å². The van der Waals surface area contributed by atoms with Gasteiger partial charge in [0.2, 0.25) is 0 Å². The van der Waals surface area contributed by atoms with Gasteiger partial charge in [-0.1, -0.05) is 0 Å². The number of ether oxygens (including phenoxy) is 1. The highest BCUT2D eigenvalue weighted by Crippen LogP contribution is 2.34. The quantitative estimate of drug-likeness (QED) is 0.856. The molecule has 1 aromatic rings. The van der Waals surface area contributed by atoms with Crippen LogP contribution in [0.2, 0.25) is 0 Å². The normalized spacial score (nSPS) is 16.6. The third-order valence-corrected chi connectivity index (χ3v) is 4.03. The van der Waals surface area contributed by atoms with Gasteiger partial charge in [0, 0.05) is 32.0 Å². The molecule has 0 atom stereocenters. The van der Waals surface area contributed by atoms with Gasteiger partial charge in [0.05, 0.1) is 5.60 Å². The summed E-state index contributed by atoms with van der Waals surface area (Å²) in [7, 11) is 3.59. The molecule has 104 valence electrons. The standard InChI is InChI=1S/C15H22N2O2/c1-11-9-12(16-2)5-6-13(11)14(18)17-10-15(19-3)7-4-8-15/h5-6,9,16H,4,7-8,10H2,1-3H3,(H,17,18). The van der Waals surface area contributed by atoms with Gasteiger partial charge in [0.1, 0.15) is 0 Å². The number of aryl methyl sites for hydroxylation is 1. The number of nitrogens with one attached hydrogen (secondary N) is 2. The van der Waals surface area contributed by atoms with E-state index in [1.807, 2.05) is 32.2 Å². The highest BCUT2D eigenvalue weighted by molar-refractivity contribution is 5.96. The van der Waals surface area contributed by atoms with Crippen LogP contribution in [0.3, 0.4) is 0 Å². The number of rotatable bonds is 5. The van der Waals surface area contributed by atoms with Crippen LogP contribution in [0, 0.1) is 6.92 Å². The van der Waals surface area contributed by atoms with E-state index in [0.717, 1.165) is 29.7 Å². The lowest BCUT2D eigenvalue weighted by Gasteiger charge is -2.40. The second kappa shape index (κ2) is 5.61. The molecule has 2 N–H and O–H groups in total. The monoisotopic (exact) mass is 262 g/mol. The van der Waals surface area contributed by atoms with Crippen molar-refractivity contribution >= 4 is 11.6 Å². The second-order valence-electron chi connectivity index (χ2n) is 5.20. The van der Waals surface area contributed by atoms with E-state index in [1.54, 1.807) is 7.11 Å². The summed E-state index contributed by atoms with van der Waals surface area (Å²) in [4.78, 5) is 12.2. The average Bonchev–Trinajstić information content (AvgIpc) is 2.37. The maximum absolute atomic E-state index is 12.2. The Morgan fingerprint density at radius 2 is 2.16 bits per heavy atom. The maximum atomic E-state index is 12.2. The summed E-state index contributed by atoms with van der Waals surface area (Å²) < 4.78 is 5.50. The first-order valence-electron chi connectivity index (χ1n) is 6.72. The molecule has 0 radical (unpaired) electrons. The molecule has 19 heavy (non-hydrogen) atoms. The van der Waals surface area contributed by atoms with Crippen LogP contribution in [0.25, 0.3) is 0 Å². The smallest absolute Gasteiger partial charge is 0.251 e. The molecule has 2 rings (SSSR count).